The molecule has 4 aromatic rings. The van der Waals surface area contributed by atoms with Crippen LogP contribution in [0.25, 0.3) is 0 Å². The van der Waals surface area contributed by atoms with Crippen LogP contribution in [0.15, 0.2) is 98.1 Å². The number of benzene rings is 4. The molecule has 0 amide bonds. The summed E-state index contributed by atoms with van der Waals surface area (Å²) in [7, 11) is -0.182. The van der Waals surface area contributed by atoms with Crippen molar-refractivity contribution < 1.29 is 125 Å². The monoisotopic (exact) mass is 1470 g/mol. The number of rotatable bonds is 11. The predicted molar refractivity (Wildman–Crippen MR) is 316 cm³/mol. The maximum absolute atomic E-state index is 14.2. The normalized spacial score (nSPS) is 17.6. The number of alkyl halides is 24. The predicted octanol–water partition coefficient (Wildman–Crippen LogP) is 22.3. The summed E-state index contributed by atoms with van der Waals surface area (Å²) in [6.07, 6.45) is -15.8. The zero-order chi connectivity index (χ0) is 68.3. The van der Waals surface area contributed by atoms with Crippen molar-refractivity contribution in [2.75, 3.05) is 12.3 Å². The number of allylic oxidation sites excluding steroid dienone is 2. The molecule has 0 bridgehead atoms. The van der Waals surface area contributed by atoms with E-state index < -0.39 is 195 Å². The smallest absolute Gasteiger partial charge is 0.194 e. The minimum Gasteiger partial charge on any atom is -0.194 e. The first-order valence-corrected chi connectivity index (χ1v) is 33.9. The van der Waals surface area contributed by atoms with E-state index in [1.54, 1.807) is 153 Å². The van der Waals surface area contributed by atoms with Crippen LogP contribution < -0.4 is 21.9 Å². The average molecular weight is 1470 g/mol. The second-order valence-electron chi connectivity index (χ2n) is 24.0. The largest absolute Gasteiger partial charge is 0.416 e. The van der Waals surface area contributed by atoms with Crippen LogP contribution in [0.3, 0.4) is 0 Å². The molecule has 0 heterocycles. The van der Waals surface area contributed by atoms with Crippen molar-refractivity contribution in [2.45, 2.75) is 214 Å². The molecule has 519 valence electrons. The van der Waals surface area contributed by atoms with Crippen molar-refractivity contribution in [3.8, 4) is 0 Å². The maximum atomic E-state index is 14.2. The van der Waals surface area contributed by atoms with Gasteiger partial charge in [0.2, 0.25) is 0 Å². The van der Waals surface area contributed by atoms with Crippen LogP contribution in [0.5, 0.6) is 0 Å². The van der Waals surface area contributed by atoms with Gasteiger partial charge in [0, 0.05) is 35.3 Å². The summed E-state index contributed by atoms with van der Waals surface area (Å²) in [5.41, 5.74) is -25.3. The third-order valence-electron chi connectivity index (χ3n) is 17.7. The van der Waals surface area contributed by atoms with Gasteiger partial charge in [0.1, 0.15) is 6.15 Å². The third-order valence-corrected chi connectivity index (χ3v) is 26.3. The van der Waals surface area contributed by atoms with Crippen LogP contribution in [-0.2, 0) is 68.9 Å². The fourth-order valence-corrected chi connectivity index (χ4v) is 23.6. The Kier molecular flexibility index (Phi) is 28.9. The summed E-state index contributed by atoms with van der Waals surface area (Å²) in [6.45, 7) is 10.5. The van der Waals surface area contributed by atoms with Gasteiger partial charge >= 0.3 is 49.4 Å². The summed E-state index contributed by atoms with van der Waals surface area (Å²) in [6, 6.07) is -8.81. The van der Waals surface area contributed by atoms with E-state index in [-0.39, 0.29) is 35.3 Å². The van der Waals surface area contributed by atoms with E-state index in [0.717, 1.165) is 0 Å². The quantitative estimate of drug-likeness (QED) is 0.0608. The molecule has 92 heavy (non-hydrogen) atoms. The molecule has 0 unspecified atom stereocenters. The van der Waals surface area contributed by atoms with Gasteiger partial charge in [-0.2, -0.15) is 127 Å². The van der Waals surface area contributed by atoms with Gasteiger partial charge in [-0.1, -0.05) is 86.4 Å². The van der Waals surface area contributed by atoms with Gasteiger partial charge in [-0.3, -0.25) is 0 Å². The summed E-state index contributed by atoms with van der Waals surface area (Å²) in [5, 5.41) is 0. The SMILES string of the molecule is C1CCC([PH+](CC[PH+](C2CCCCC2)C2CCCCC2)C2CCCCC2)CC1.C=CC.C=CC.FC(F)(F)c1cc([B-](c2cc(C(F)(F)F)cc(C(F)(F)F)c2)(c2cc(C(F)(F)F)cc(C(F)(F)F)c2)c2cc(C(F)(F)F)cc(C(F)(F)F)c2)cc(C(F)(F)F)c1.[Rh]. The molecule has 4 aliphatic carbocycles. The summed E-state index contributed by atoms with van der Waals surface area (Å²) < 4.78 is 341. The Bertz CT molecular complexity index is 2450. The van der Waals surface area contributed by atoms with Gasteiger partial charge < -0.3 is 0 Å². The number of hydrogen-bond donors (Lipinski definition) is 0. The van der Waals surface area contributed by atoms with Crippen molar-refractivity contribution in [3.05, 3.63) is 143 Å². The molecular formula is C64H74BF24P2Rh+. The van der Waals surface area contributed by atoms with Gasteiger partial charge in [0.25, 0.3) is 0 Å². The van der Waals surface area contributed by atoms with Gasteiger partial charge in [0.05, 0.1) is 79.5 Å². The molecule has 28 heteroatoms. The van der Waals surface area contributed by atoms with Crippen molar-refractivity contribution in [3.63, 3.8) is 0 Å². The summed E-state index contributed by atoms with van der Waals surface area (Å²) in [4.78, 5) is 0. The molecule has 4 aliphatic rings. The minimum atomic E-state index is -6.13. The van der Waals surface area contributed by atoms with Gasteiger partial charge in [0.15, 0.2) is 0 Å². The number of hydrogen-bond acceptors (Lipinski definition) is 0. The van der Waals surface area contributed by atoms with E-state index in [4.69, 9.17) is 0 Å². The summed E-state index contributed by atoms with van der Waals surface area (Å²) in [5.74, 6) is 0. The van der Waals surface area contributed by atoms with Crippen molar-refractivity contribution >= 4 is 43.8 Å². The van der Waals surface area contributed by atoms with Gasteiger partial charge in [-0.25, -0.2) is 0 Å². The topological polar surface area (TPSA) is 0 Å². The van der Waals surface area contributed by atoms with Crippen LogP contribution in [0, 0.1) is 0 Å². The van der Waals surface area contributed by atoms with Gasteiger partial charge in [-0.15, -0.1) is 13.2 Å². The van der Waals surface area contributed by atoms with E-state index in [1.165, 1.54) is 22.6 Å². The molecule has 0 aromatic heterocycles. The molecule has 0 spiro atoms. The fraction of sp³-hybridized carbons (Fsp3) is 0.562. The third kappa shape index (κ3) is 21.9. The first-order chi connectivity index (χ1) is 42.0. The first-order valence-electron chi connectivity index (χ1n) is 30.2. The molecule has 8 rings (SSSR count). The molecule has 0 N–H and O–H groups in total. The van der Waals surface area contributed by atoms with Crippen LogP contribution in [0.4, 0.5) is 105 Å². The molecule has 4 saturated carbocycles. The fourth-order valence-electron chi connectivity index (χ4n) is 13.7. The van der Waals surface area contributed by atoms with Crippen molar-refractivity contribution in [2.24, 2.45) is 0 Å². The summed E-state index contributed by atoms with van der Waals surface area (Å²) >= 11 is 0. The van der Waals surface area contributed by atoms with Crippen molar-refractivity contribution in [1.29, 1.82) is 0 Å². The number of halogens is 24. The Labute approximate surface area is 535 Å². The Morgan fingerprint density at radius 3 is 0.543 bits per heavy atom. The Morgan fingerprint density at radius 1 is 0.293 bits per heavy atom. The van der Waals surface area contributed by atoms with Gasteiger partial charge in [-0.05, 0) is 141 Å². The molecule has 0 saturated heterocycles. The molecule has 0 nitrogen and oxygen atoms in total. The molecule has 0 atom stereocenters. The maximum Gasteiger partial charge on any atom is 0.416 e. The molecule has 1 radical (unpaired) electrons. The van der Waals surface area contributed by atoms with E-state index in [2.05, 4.69) is 13.2 Å². The van der Waals surface area contributed by atoms with Crippen molar-refractivity contribution in [1.82, 2.24) is 0 Å². The van der Waals surface area contributed by atoms with E-state index >= 15 is 0 Å². The molecule has 4 aromatic carbocycles. The minimum absolute atomic E-state index is 0. The second-order valence-corrected chi connectivity index (χ2v) is 30.6. The first kappa shape index (κ1) is 80.7. The van der Waals surface area contributed by atoms with E-state index in [9.17, 15) is 105 Å². The Hall–Kier alpha value is -3.77. The standard InChI is InChI=1S/C32H12BF24.C26H48P2.2C3H6.Rh/c34-25(35,36)13-1-14(26(37,38)39)6-21(5-13)33(22-7-15(27(40,41)42)2-16(8-22)28(43,44)45,23-9-17(29(46,47)48)3-18(10-23)30(49,50)51)24-11-19(31(52,53)54)4-20(12-24)32(55,56)57;1-5-13-23(14-6-1)27(24-15-7-2-8-16-24)21-22-28(25-17-9-3-10-18-25)26-19-11-4-12-20-26;2*1-3-2;/h1-12H;23-26H,1-22H2;2*3H,1H2,2H3;/q-1;;;;/p+2. The van der Waals surface area contributed by atoms with Crippen LogP contribution in [0.2, 0.25) is 0 Å². The average Bonchev–Trinajstić information content (AvgIpc) is 0.709. The van der Waals surface area contributed by atoms with E-state index in [1.807, 2.05) is 13.8 Å². The zero-order valence-electron chi connectivity index (χ0n) is 50.3. The Balaban J connectivity index is 0.000000426. The molecule has 0 aliphatic heterocycles. The van der Waals surface area contributed by atoms with E-state index in [0.29, 0.717) is 0 Å². The van der Waals surface area contributed by atoms with Crippen LogP contribution in [-0.4, -0.2) is 41.1 Å². The molecular weight excluding hydrogens is 1400 g/mol. The van der Waals surface area contributed by atoms with Crippen LogP contribution in [0.1, 0.15) is 187 Å². The van der Waals surface area contributed by atoms with Crippen LogP contribution >= 0.6 is 15.8 Å². The zero-order valence-corrected chi connectivity index (χ0v) is 54.0. The Morgan fingerprint density at radius 2 is 0.424 bits per heavy atom. The second kappa shape index (κ2) is 33.0. The molecule has 4 fully saturated rings.